The number of carbonyl (C=O) groups excluding carboxylic acids is 3. The van der Waals surface area contributed by atoms with Crippen molar-refractivity contribution >= 4 is 45.5 Å². The van der Waals surface area contributed by atoms with E-state index >= 15 is 0 Å². The highest BCUT2D eigenvalue weighted by Gasteiger charge is 2.28. The number of nitrogens with zero attached hydrogens (tertiary/aromatic N) is 1. The lowest BCUT2D eigenvalue weighted by atomic mass is 9.96. The van der Waals surface area contributed by atoms with Crippen LogP contribution in [0.25, 0.3) is 0 Å². The van der Waals surface area contributed by atoms with Crippen molar-refractivity contribution in [2.75, 3.05) is 18.5 Å². The highest BCUT2D eigenvalue weighted by Crippen LogP contribution is 2.34. The first-order valence-corrected chi connectivity index (χ1v) is 11.2. The molecular formula is C21H26N2O4S2. The molecule has 0 spiro atoms. The zero-order valence-electron chi connectivity index (χ0n) is 17.4. The van der Waals surface area contributed by atoms with Gasteiger partial charge in [-0.3, -0.25) is 9.59 Å². The van der Waals surface area contributed by atoms with Gasteiger partial charge in [-0.05, 0) is 42.8 Å². The molecule has 0 unspecified atom stereocenters. The lowest BCUT2D eigenvalue weighted by Crippen LogP contribution is -2.38. The van der Waals surface area contributed by atoms with E-state index in [1.54, 1.807) is 16.2 Å². The van der Waals surface area contributed by atoms with E-state index < -0.39 is 11.4 Å². The van der Waals surface area contributed by atoms with Crippen LogP contribution in [0.1, 0.15) is 52.0 Å². The highest BCUT2D eigenvalue weighted by molar-refractivity contribution is 7.16. The number of hydrogen-bond donors (Lipinski definition) is 1. The molecule has 156 valence electrons. The molecule has 0 bridgehead atoms. The van der Waals surface area contributed by atoms with Crippen LogP contribution in [0.15, 0.2) is 11.4 Å². The average Bonchev–Trinajstić information content (AvgIpc) is 3.22. The Bertz CT molecular complexity index is 953. The molecule has 1 aliphatic rings. The number of nitrogens with one attached hydrogen (secondary N) is 1. The Morgan fingerprint density at radius 1 is 1.24 bits per heavy atom. The van der Waals surface area contributed by atoms with Gasteiger partial charge in [0.25, 0.3) is 5.91 Å². The van der Waals surface area contributed by atoms with Crippen LogP contribution in [-0.4, -0.2) is 35.8 Å². The topological polar surface area (TPSA) is 75.7 Å². The Labute approximate surface area is 178 Å². The number of anilines is 1. The predicted molar refractivity (Wildman–Crippen MR) is 116 cm³/mol. The molecule has 6 nitrogen and oxygen atoms in total. The Hall–Kier alpha value is -2.19. The van der Waals surface area contributed by atoms with E-state index in [4.69, 9.17) is 4.74 Å². The normalized spacial score (nSPS) is 13.8. The van der Waals surface area contributed by atoms with Gasteiger partial charge < -0.3 is 15.0 Å². The summed E-state index contributed by atoms with van der Waals surface area (Å²) in [5.41, 5.74) is 1.67. The summed E-state index contributed by atoms with van der Waals surface area (Å²) in [6.07, 6.45) is 0.832. The molecule has 0 aromatic carbocycles. The lowest BCUT2D eigenvalue weighted by Gasteiger charge is -2.26. The molecule has 0 radical (unpaired) electrons. The van der Waals surface area contributed by atoms with Gasteiger partial charge in [0.1, 0.15) is 5.00 Å². The van der Waals surface area contributed by atoms with Crippen LogP contribution in [0.5, 0.6) is 0 Å². The van der Waals surface area contributed by atoms with Gasteiger partial charge in [0.2, 0.25) is 5.91 Å². The third-order valence-corrected chi connectivity index (χ3v) is 7.13. The number of ether oxygens (including phenoxy) is 1. The second-order valence-electron chi connectivity index (χ2n) is 8.20. The molecule has 2 aromatic heterocycles. The quantitative estimate of drug-likeness (QED) is 0.734. The molecule has 0 fully saturated rings. The number of carbonyl (C=O) groups is 3. The van der Waals surface area contributed by atoms with Crippen molar-refractivity contribution in [2.24, 2.45) is 5.41 Å². The van der Waals surface area contributed by atoms with Gasteiger partial charge in [-0.25, -0.2) is 4.79 Å². The van der Waals surface area contributed by atoms with Crippen molar-refractivity contribution in [1.82, 2.24) is 4.90 Å². The van der Waals surface area contributed by atoms with Gasteiger partial charge in [-0.2, -0.15) is 0 Å². The number of aryl methyl sites for hydroxylation is 1. The lowest BCUT2D eigenvalue weighted by molar-refractivity contribution is -0.135. The first kappa shape index (κ1) is 21.5. The molecule has 0 atom stereocenters. The first-order chi connectivity index (χ1) is 13.6. The Kier molecular flexibility index (Phi) is 6.14. The summed E-state index contributed by atoms with van der Waals surface area (Å²) >= 11 is 3.05. The van der Waals surface area contributed by atoms with Crippen LogP contribution in [0, 0.1) is 19.3 Å². The van der Waals surface area contributed by atoms with Crippen molar-refractivity contribution < 1.29 is 19.1 Å². The van der Waals surface area contributed by atoms with Gasteiger partial charge in [-0.15, -0.1) is 22.7 Å². The van der Waals surface area contributed by atoms with Gasteiger partial charge >= 0.3 is 5.97 Å². The summed E-state index contributed by atoms with van der Waals surface area (Å²) in [4.78, 5) is 41.6. The van der Waals surface area contributed by atoms with E-state index in [1.165, 1.54) is 16.2 Å². The molecule has 0 saturated heterocycles. The SMILES string of the molecule is Cc1sc(NC(=O)C(C)(C)C)c(C(=O)OCC(=O)N2CCc3sccc3C2)c1C. The van der Waals surface area contributed by atoms with Gasteiger partial charge in [0.05, 0.1) is 5.56 Å². The third-order valence-electron chi connectivity index (χ3n) is 4.98. The summed E-state index contributed by atoms with van der Waals surface area (Å²) in [5.74, 6) is -0.971. The van der Waals surface area contributed by atoms with Gasteiger partial charge in [0, 0.05) is 28.3 Å². The summed E-state index contributed by atoms with van der Waals surface area (Å²) in [6, 6.07) is 2.03. The van der Waals surface area contributed by atoms with Crippen LogP contribution in [-0.2, 0) is 27.3 Å². The number of amides is 2. The van der Waals surface area contributed by atoms with Crippen molar-refractivity contribution in [1.29, 1.82) is 0 Å². The summed E-state index contributed by atoms with van der Waals surface area (Å²) in [7, 11) is 0. The molecule has 8 heteroatoms. The number of thiophene rings is 2. The van der Waals surface area contributed by atoms with Gasteiger partial charge in [0.15, 0.2) is 6.61 Å². The molecule has 3 rings (SSSR count). The fourth-order valence-electron chi connectivity index (χ4n) is 3.00. The average molecular weight is 435 g/mol. The molecule has 3 heterocycles. The number of esters is 1. The Morgan fingerprint density at radius 2 is 1.97 bits per heavy atom. The Balaban J connectivity index is 1.66. The molecule has 1 N–H and O–H groups in total. The summed E-state index contributed by atoms with van der Waals surface area (Å²) < 4.78 is 5.34. The molecule has 2 amide bonds. The van der Waals surface area contributed by atoms with Gasteiger partial charge in [-0.1, -0.05) is 20.8 Å². The minimum absolute atomic E-state index is 0.177. The largest absolute Gasteiger partial charge is 0.452 e. The zero-order chi connectivity index (χ0) is 21.3. The summed E-state index contributed by atoms with van der Waals surface area (Å²) in [5, 5.41) is 5.34. The molecule has 2 aromatic rings. The fraction of sp³-hybridized carbons (Fsp3) is 0.476. The number of fused-ring (bicyclic) bond motifs is 1. The standard InChI is InChI=1S/C21H26N2O4S2/c1-12-13(2)29-18(22-20(26)21(3,4)5)17(12)19(25)27-11-16(24)23-8-6-15-14(10-23)7-9-28-15/h7,9H,6,8,10-11H2,1-5H3,(H,22,26). The number of rotatable bonds is 4. The second-order valence-corrected chi connectivity index (χ2v) is 10.4. The smallest absolute Gasteiger partial charge is 0.341 e. The number of hydrogen-bond acceptors (Lipinski definition) is 6. The molecule has 29 heavy (non-hydrogen) atoms. The molecular weight excluding hydrogens is 408 g/mol. The molecule has 1 aliphatic heterocycles. The molecule has 0 aliphatic carbocycles. The zero-order valence-corrected chi connectivity index (χ0v) is 19.0. The maximum absolute atomic E-state index is 12.7. The van der Waals surface area contributed by atoms with E-state index in [0.29, 0.717) is 23.7 Å². The minimum Gasteiger partial charge on any atom is -0.452 e. The third kappa shape index (κ3) is 4.70. The predicted octanol–water partition coefficient (Wildman–Crippen LogP) is 4.15. The van der Waals surface area contributed by atoms with E-state index in [0.717, 1.165) is 22.4 Å². The van der Waals surface area contributed by atoms with Crippen LogP contribution in [0.3, 0.4) is 0 Å². The van der Waals surface area contributed by atoms with Crippen LogP contribution in [0.4, 0.5) is 5.00 Å². The van der Waals surface area contributed by atoms with Crippen LogP contribution < -0.4 is 5.32 Å². The molecule has 0 saturated carbocycles. The van der Waals surface area contributed by atoms with Crippen molar-refractivity contribution in [2.45, 2.75) is 47.6 Å². The fourth-order valence-corrected chi connectivity index (χ4v) is 4.94. The maximum atomic E-state index is 12.7. The summed E-state index contributed by atoms with van der Waals surface area (Å²) in [6.45, 7) is 10.0. The van der Waals surface area contributed by atoms with E-state index in [1.807, 2.05) is 46.1 Å². The Morgan fingerprint density at radius 3 is 2.66 bits per heavy atom. The minimum atomic E-state index is -0.586. The first-order valence-electron chi connectivity index (χ1n) is 9.49. The van der Waals surface area contributed by atoms with E-state index in [2.05, 4.69) is 5.32 Å². The van der Waals surface area contributed by atoms with Crippen LogP contribution in [0.2, 0.25) is 0 Å². The van der Waals surface area contributed by atoms with Crippen molar-refractivity contribution in [3.8, 4) is 0 Å². The van der Waals surface area contributed by atoms with Crippen molar-refractivity contribution in [3.63, 3.8) is 0 Å². The maximum Gasteiger partial charge on any atom is 0.341 e. The van der Waals surface area contributed by atoms with Crippen LogP contribution >= 0.6 is 22.7 Å². The van der Waals surface area contributed by atoms with E-state index in [9.17, 15) is 14.4 Å². The van der Waals surface area contributed by atoms with Crippen molar-refractivity contribution in [3.05, 3.63) is 37.9 Å². The second kappa shape index (κ2) is 8.28. The highest BCUT2D eigenvalue weighted by atomic mass is 32.1. The monoisotopic (exact) mass is 434 g/mol. The van der Waals surface area contributed by atoms with E-state index in [-0.39, 0.29) is 18.4 Å².